The van der Waals surface area contributed by atoms with Gasteiger partial charge in [-0.15, -0.1) is 0 Å². The number of amides is 2. The molecule has 3 aromatic rings. The highest BCUT2D eigenvalue weighted by Gasteiger charge is 2.32. The van der Waals surface area contributed by atoms with Crippen molar-refractivity contribution in [3.05, 3.63) is 95.6 Å². The topological polar surface area (TPSA) is 86.8 Å². The number of hydrogen-bond acceptors (Lipinski definition) is 4. The van der Waals surface area contributed by atoms with E-state index in [1.54, 1.807) is 49.4 Å². The van der Waals surface area contributed by atoms with E-state index < -0.39 is 28.5 Å². The lowest BCUT2D eigenvalue weighted by atomic mass is 10.1. The highest BCUT2D eigenvalue weighted by Crippen LogP contribution is 2.25. The van der Waals surface area contributed by atoms with Gasteiger partial charge in [-0.25, -0.2) is 8.42 Å². The molecule has 0 fully saturated rings. The molecule has 0 aliphatic heterocycles. The van der Waals surface area contributed by atoms with Crippen molar-refractivity contribution in [2.75, 3.05) is 17.4 Å². The predicted molar refractivity (Wildman–Crippen MR) is 142 cm³/mol. The SMILES string of the molecule is CCNC(=O)C(C)N(Cc1ccc(C)cc1)C(=O)CN(c1ccc(C)cc1)S(=O)(=O)c1ccccc1. The first-order chi connectivity index (χ1) is 17.1. The van der Waals surface area contributed by atoms with Gasteiger partial charge in [0.2, 0.25) is 11.8 Å². The number of rotatable bonds is 10. The Bertz CT molecular complexity index is 1270. The van der Waals surface area contributed by atoms with Crippen LogP contribution in [0.15, 0.2) is 83.8 Å². The Hall–Kier alpha value is -3.65. The van der Waals surface area contributed by atoms with Crippen molar-refractivity contribution in [3.63, 3.8) is 0 Å². The molecule has 7 nitrogen and oxygen atoms in total. The molecule has 36 heavy (non-hydrogen) atoms. The van der Waals surface area contributed by atoms with E-state index in [1.807, 2.05) is 45.0 Å². The maximum atomic E-state index is 13.7. The van der Waals surface area contributed by atoms with Crippen LogP contribution in [0.4, 0.5) is 5.69 Å². The number of nitrogens with one attached hydrogen (secondary N) is 1. The van der Waals surface area contributed by atoms with E-state index in [0.717, 1.165) is 21.0 Å². The minimum absolute atomic E-state index is 0.0836. The molecular weight excluding hydrogens is 474 g/mol. The Balaban J connectivity index is 2.00. The maximum Gasteiger partial charge on any atom is 0.264 e. The van der Waals surface area contributed by atoms with E-state index in [1.165, 1.54) is 17.0 Å². The molecule has 2 amide bonds. The smallest absolute Gasteiger partial charge is 0.264 e. The second-order valence-corrected chi connectivity index (χ2v) is 10.6. The molecule has 8 heteroatoms. The van der Waals surface area contributed by atoms with Crippen molar-refractivity contribution in [3.8, 4) is 0 Å². The zero-order valence-corrected chi connectivity index (χ0v) is 22.0. The first-order valence-electron chi connectivity index (χ1n) is 11.9. The molecule has 0 spiro atoms. The summed E-state index contributed by atoms with van der Waals surface area (Å²) in [7, 11) is -4.04. The van der Waals surface area contributed by atoms with E-state index in [9.17, 15) is 18.0 Å². The quantitative estimate of drug-likeness (QED) is 0.449. The second kappa shape index (κ2) is 11.9. The van der Waals surface area contributed by atoms with Crippen molar-refractivity contribution in [1.29, 1.82) is 0 Å². The zero-order chi connectivity index (χ0) is 26.3. The summed E-state index contributed by atoms with van der Waals surface area (Å²) in [4.78, 5) is 28.0. The number of hydrogen-bond donors (Lipinski definition) is 1. The Kier molecular flexibility index (Phi) is 8.88. The van der Waals surface area contributed by atoms with Gasteiger partial charge in [0.15, 0.2) is 0 Å². The van der Waals surface area contributed by atoms with Gasteiger partial charge >= 0.3 is 0 Å². The van der Waals surface area contributed by atoms with Crippen molar-refractivity contribution in [2.24, 2.45) is 0 Å². The lowest BCUT2D eigenvalue weighted by Crippen LogP contribution is -2.51. The van der Waals surface area contributed by atoms with Crippen LogP contribution < -0.4 is 9.62 Å². The van der Waals surface area contributed by atoms with E-state index >= 15 is 0 Å². The monoisotopic (exact) mass is 507 g/mol. The van der Waals surface area contributed by atoms with Crippen LogP contribution in [0.2, 0.25) is 0 Å². The second-order valence-electron chi connectivity index (χ2n) is 8.74. The minimum Gasteiger partial charge on any atom is -0.355 e. The molecule has 1 N–H and O–H groups in total. The standard InChI is InChI=1S/C28H33N3O4S/c1-5-29-28(33)23(4)30(19-24-15-11-21(2)12-16-24)27(32)20-31(25-17-13-22(3)14-18-25)36(34,35)26-9-7-6-8-10-26/h6-18,23H,5,19-20H2,1-4H3,(H,29,33). The van der Waals surface area contributed by atoms with Crippen molar-refractivity contribution in [1.82, 2.24) is 10.2 Å². The predicted octanol–water partition coefficient (Wildman–Crippen LogP) is 4.05. The number of aryl methyl sites for hydroxylation is 2. The third-order valence-electron chi connectivity index (χ3n) is 5.92. The number of anilines is 1. The van der Waals surface area contributed by atoms with Gasteiger partial charge in [0.25, 0.3) is 10.0 Å². The maximum absolute atomic E-state index is 13.7. The molecule has 3 rings (SSSR count). The summed E-state index contributed by atoms with van der Waals surface area (Å²) in [5.41, 5.74) is 3.26. The molecule has 0 aromatic heterocycles. The summed E-state index contributed by atoms with van der Waals surface area (Å²) < 4.78 is 28.4. The first-order valence-corrected chi connectivity index (χ1v) is 13.3. The molecule has 0 radical (unpaired) electrons. The van der Waals surface area contributed by atoms with Crippen LogP contribution in [0, 0.1) is 13.8 Å². The van der Waals surface area contributed by atoms with Gasteiger partial charge in [-0.2, -0.15) is 0 Å². The van der Waals surface area contributed by atoms with Gasteiger partial charge in [0.05, 0.1) is 10.6 Å². The third-order valence-corrected chi connectivity index (χ3v) is 7.71. The number of nitrogens with zero attached hydrogens (tertiary/aromatic N) is 2. The van der Waals surface area contributed by atoms with Crippen LogP contribution in [0.5, 0.6) is 0 Å². The van der Waals surface area contributed by atoms with Crippen LogP contribution >= 0.6 is 0 Å². The van der Waals surface area contributed by atoms with Crippen LogP contribution in [-0.4, -0.2) is 44.3 Å². The van der Waals surface area contributed by atoms with E-state index in [0.29, 0.717) is 12.2 Å². The Morgan fingerprint density at radius 3 is 1.97 bits per heavy atom. The van der Waals surface area contributed by atoms with Crippen LogP contribution in [-0.2, 0) is 26.2 Å². The van der Waals surface area contributed by atoms with Gasteiger partial charge < -0.3 is 10.2 Å². The number of carbonyl (C=O) groups is 2. The van der Waals surface area contributed by atoms with Gasteiger partial charge in [0.1, 0.15) is 12.6 Å². The Morgan fingerprint density at radius 2 is 1.42 bits per heavy atom. The van der Waals surface area contributed by atoms with Gasteiger partial charge in [0, 0.05) is 13.1 Å². The molecule has 0 bridgehead atoms. The molecule has 190 valence electrons. The van der Waals surface area contributed by atoms with E-state index in [-0.39, 0.29) is 17.3 Å². The normalized spacial score (nSPS) is 12.0. The summed E-state index contributed by atoms with van der Waals surface area (Å²) in [6.07, 6.45) is 0. The summed E-state index contributed by atoms with van der Waals surface area (Å²) in [5, 5.41) is 2.76. The molecule has 0 heterocycles. The molecule has 0 aliphatic rings. The average molecular weight is 508 g/mol. The van der Waals surface area contributed by atoms with Crippen molar-refractivity contribution < 1.29 is 18.0 Å². The molecular formula is C28H33N3O4S. The lowest BCUT2D eigenvalue weighted by molar-refractivity contribution is -0.139. The third kappa shape index (κ3) is 6.51. The molecule has 0 saturated heterocycles. The van der Waals surface area contributed by atoms with Crippen molar-refractivity contribution >= 4 is 27.5 Å². The molecule has 3 aromatic carbocycles. The zero-order valence-electron chi connectivity index (χ0n) is 21.1. The number of likely N-dealkylation sites (N-methyl/N-ethyl adjacent to an activating group) is 1. The summed E-state index contributed by atoms with van der Waals surface area (Å²) in [6, 6.07) is 21.9. The number of sulfonamides is 1. The van der Waals surface area contributed by atoms with Crippen molar-refractivity contribution in [2.45, 2.75) is 45.2 Å². The molecule has 0 aliphatic carbocycles. The van der Waals surface area contributed by atoms with Gasteiger partial charge in [-0.1, -0.05) is 65.7 Å². The van der Waals surface area contributed by atoms with E-state index in [4.69, 9.17) is 0 Å². The highest BCUT2D eigenvalue weighted by atomic mass is 32.2. The van der Waals surface area contributed by atoms with E-state index in [2.05, 4.69) is 5.32 Å². The highest BCUT2D eigenvalue weighted by molar-refractivity contribution is 7.92. The fraction of sp³-hybridized carbons (Fsp3) is 0.286. The largest absolute Gasteiger partial charge is 0.355 e. The Labute approximate surface area is 213 Å². The summed E-state index contributed by atoms with van der Waals surface area (Å²) >= 11 is 0. The molecule has 1 unspecified atom stereocenters. The fourth-order valence-electron chi connectivity index (χ4n) is 3.75. The average Bonchev–Trinajstić information content (AvgIpc) is 2.87. The van der Waals surface area contributed by atoms with Gasteiger partial charge in [-0.05, 0) is 57.5 Å². The van der Waals surface area contributed by atoms with Crippen LogP contribution in [0.3, 0.4) is 0 Å². The van der Waals surface area contributed by atoms with Gasteiger partial charge in [-0.3, -0.25) is 13.9 Å². The number of carbonyl (C=O) groups excluding carboxylic acids is 2. The number of benzene rings is 3. The summed E-state index contributed by atoms with van der Waals surface area (Å²) in [5.74, 6) is -0.778. The lowest BCUT2D eigenvalue weighted by Gasteiger charge is -2.32. The summed E-state index contributed by atoms with van der Waals surface area (Å²) in [6.45, 7) is 7.48. The molecule has 0 saturated carbocycles. The Morgan fingerprint density at radius 1 is 0.861 bits per heavy atom. The van der Waals surface area contributed by atoms with Crippen LogP contribution in [0.1, 0.15) is 30.5 Å². The molecule has 1 atom stereocenters. The van der Waals surface area contributed by atoms with Crippen LogP contribution in [0.25, 0.3) is 0 Å². The first kappa shape index (κ1) is 26.9. The fourth-order valence-corrected chi connectivity index (χ4v) is 5.19. The minimum atomic E-state index is -4.04.